The normalized spacial score (nSPS) is 10.8. The second kappa shape index (κ2) is 2.14. The summed E-state index contributed by atoms with van der Waals surface area (Å²) in [6.45, 7) is 1.89. The minimum atomic E-state index is 0.179. The van der Waals surface area contributed by atoms with Gasteiger partial charge in [-0.25, -0.2) is 0 Å². The topological polar surface area (TPSA) is 78.1 Å². The summed E-state index contributed by atoms with van der Waals surface area (Å²) in [7, 11) is 0. The summed E-state index contributed by atoms with van der Waals surface area (Å²) >= 11 is 0. The quantitative estimate of drug-likeness (QED) is 0.574. The summed E-state index contributed by atoms with van der Waals surface area (Å²) in [6.07, 6.45) is 0. The maximum atomic E-state index is 5.67. The zero-order valence-corrected chi connectivity index (χ0v) is 6.66. The van der Waals surface area contributed by atoms with Crippen LogP contribution in [0.2, 0.25) is 0 Å². The van der Waals surface area contributed by atoms with Crippen LogP contribution in [-0.4, -0.2) is 4.98 Å². The number of aromatic nitrogens is 1. The lowest BCUT2D eigenvalue weighted by molar-refractivity contribution is 0.626. The van der Waals surface area contributed by atoms with E-state index in [1.54, 1.807) is 12.1 Å². The maximum Gasteiger partial charge on any atom is 0.292 e. The van der Waals surface area contributed by atoms with Crippen molar-refractivity contribution < 1.29 is 4.42 Å². The highest BCUT2D eigenvalue weighted by atomic mass is 16.4. The van der Waals surface area contributed by atoms with E-state index in [-0.39, 0.29) is 6.01 Å². The first-order valence-electron chi connectivity index (χ1n) is 3.59. The number of hydrogen-bond donors (Lipinski definition) is 2. The molecule has 2 rings (SSSR count). The molecule has 0 aliphatic rings. The third-order valence-corrected chi connectivity index (χ3v) is 1.87. The van der Waals surface area contributed by atoms with E-state index in [4.69, 9.17) is 15.9 Å². The Balaban J connectivity index is 2.89. The summed E-state index contributed by atoms with van der Waals surface area (Å²) in [5.41, 5.74) is 14.1. The van der Waals surface area contributed by atoms with Gasteiger partial charge in [-0.2, -0.15) is 4.98 Å². The van der Waals surface area contributed by atoms with Crippen molar-refractivity contribution in [2.45, 2.75) is 6.92 Å². The van der Waals surface area contributed by atoms with Gasteiger partial charge in [0.05, 0.1) is 0 Å². The molecular formula is C8H9N3O. The Morgan fingerprint density at radius 3 is 2.83 bits per heavy atom. The minimum absolute atomic E-state index is 0.179. The van der Waals surface area contributed by atoms with Crippen molar-refractivity contribution in [3.8, 4) is 0 Å². The van der Waals surface area contributed by atoms with Gasteiger partial charge in [0.1, 0.15) is 5.52 Å². The van der Waals surface area contributed by atoms with Gasteiger partial charge in [-0.1, -0.05) is 0 Å². The molecule has 0 amide bonds. The van der Waals surface area contributed by atoms with Crippen molar-refractivity contribution in [1.82, 2.24) is 4.98 Å². The van der Waals surface area contributed by atoms with Crippen molar-refractivity contribution in [2.24, 2.45) is 0 Å². The second-order valence-corrected chi connectivity index (χ2v) is 2.68. The number of hydrogen-bond acceptors (Lipinski definition) is 4. The number of nitrogens with zero attached hydrogens (tertiary/aromatic N) is 1. The summed E-state index contributed by atoms with van der Waals surface area (Å²) < 4.78 is 5.11. The number of oxazole rings is 1. The fourth-order valence-electron chi connectivity index (χ4n) is 1.16. The highest BCUT2D eigenvalue weighted by Gasteiger charge is 2.06. The predicted octanol–water partition coefficient (Wildman–Crippen LogP) is 1.30. The maximum absolute atomic E-state index is 5.67. The van der Waals surface area contributed by atoms with Gasteiger partial charge in [-0.15, -0.1) is 0 Å². The molecular weight excluding hydrogens is 154 g/mol. The number of rotatable bonds is 0. The molecule has 0 atom stereocenters. The number of nitrogens with two attached hydrogens (primary N) is 2. The summed E-state index contributed by atoms with van der Waals surface area (Å²) in [5, 5.41) is 0. The molecule has 1 heterocycles. The Labute approximate surface area is 69.2 Å². The number of fused-ring (bicyclic) bond motifs is 1. The van der Waals surface area contributed by atoms with Crippen molar-refractivity contribution in [1.29, 1.82) is 0 Å². The van der Waals surface area contributed by atoms with E-state index in [1.165, 1.54) is 0 Å². The first kappa shape index (κ1) is 6.97. The van der Waals surface area contributed by atoms with Crippen LogP contribution in [0.4, 0.5) is 11.7 Å². The van der Waals surface area contributed by atoms with Crippen LogP contribution in [0.15, 0.2) is 16.5 Å². The molecule has 0 bridgehead atoms. The van der Waals surface area contributed by atoms with Crippen LogP contribution in [0.3, 0.4) is 0 Å². The SMILES string of the molecule is Cc1c(N)ccc2oc(N)nc12. The zero-order valence-electron chi connectivity index (χ0n) is 6.66. The standard InChI is InChI=1S/C8H9N3O/c1-4-5(9)2-3-6-7(4)11-8(10)12-6/h2-3H,9H2,1H3,(H2,10,11). The average molecular weight is 163 g/mol. The highest BCUT2D eigenvalue weighted by Crippen LogP contribution is 2.24. The average Bonchev–Trinajstić information content (AvgIpc) is 2.39. The molecule has 4 heteroatoms. The van der Waals surface area contributed by atoms with Gasteiger partial charge in [0.25, 0.3) is 6.01 Å². The van der Waals surface area contributed by atoms with Crippen LogP contribution >= 0.6 is 0 Å². The molecule has 0 fully saturated rings. The molecule has 0 aliphatic carbocycles. The molecule has 0 unspecified atom stereocenters. The molecule has 4 N–H and O–H groups in total. The Morgan fingerprint density at radius 2 is 2.08 bits per heavy atom. The fourth-order valence-corrected chi connectivity index (χ4v) is 1.16. The summed E-state index contributed by atoms with van der Waals surface area (Å²) in [6, 6.07) is 3.72. The molecule has 4 nitrogen and oxygen atoms in total. The third kappa shape index (κ3) is 0.812. The predicted molar refractivity (Wildman–Crippen MR) is 47.6 cm³/mol. The Bertz CT molecular complexity index is 433. The highest BCUT2D eigenvalue weighted by molar-refractivity contribution is 5.82. The van der Waals surface area contributed by atoms with Crippen LogP contribution in [0.1, 0.15) is 5.56 Å². The van der Waals surface area contributed by atoms with Crippen LogP contribution in [0.25, 0.3) is 11.1 Å². The van der Waals surface area contributed by atoms with E-state index in [0.29, 0.717) is 11.3 Å². The minimum Gasteiger partial charge on any atom is -0.424 e. The van der Waals surface area contributed by atoms with E-state index in [0.717, 1.165) is 11.1 Å². The Hall–Kier alpha value is -1.71. The van der Waals surface area contributed by atoms with Crippen LogP contribution in [0, 0.1) is 6.92 Å². The summed E-state index contributed by atoms with van der Waals surface area (Å²) in [4.78, 5) is 4.00. The van der Waals surface area contributed by atoms with Crippen LogP contribution < -0.4 is 11.5 Å². The van der Waals surface area contributed by atoms with E-state index in [9.17, 15) is 0 Å². The second-order valence-electron chi connectivity index (χ2n) is 2.68. The van der Waals surface area contributed by atoms with Gasteiger partial charge in [0.2, 0.25) is 0 Å². The van der Waals surface area contributed by atoms with Gasteiger partial charge in [-0.05, 0) is 19.1 Å². The van der Waals surface area contributed by atoms with E-state index < -0.39 is 0 Å². The Kier molecular flexibility index (Phi) is 1.24. The van der Waals surface area contributed by atoms with Gasteiger partial charge in [0.15, 0.2) is 5.58 Å². The molecule has 0 radical (unpaired) electrons. The van der Waals surface area contributed by atoms with E-state index >= 15 is 0 Å². The third-order valence-electron chi connectivity index (χ3n) is 1.87. The van der Waals surface area contributed by atoms with Crippen LogP contribution in [0.5, 0.6) is 0 Å². The molecule has 0 saturated carbocycles. The number of anilines is 2. The lowest BCUT2D eigenvalue weighted by Gasteiger charge is -1.96. The monoisotopic (exact) mass is 163 g/mol. The molecule has 0 saturated heterocycles. The number of benzene rings is 1. The van der Waals surface area contributed by atoms with Crippen LogP contribution in [-0.2, 0) is 0 Å². The van der Waals surface area contributed by atoms with Crippen molar-refractivity contribution >= 4 is 22.8 Å². The number of aryl methyl sites for hydroxylation is 1. The smallest absolute Gasteiger partial charge is 0.292 e. The van der Waals surface area contributed by atoms with E-state index in [2.05, 4.69) is 4.98 Å². The van der Waals surface area contributed by atoms with Gasteiger partial charge in [-0.3, -0.25) is 0 Å². The lowest BCUT2D eigenvalue weighted by Crippen LogP contribution is -1.89. The van der Waals surface area contributed by atoms with Crippen molar-refractivity contribution in [2.75, 3.05) is 11.5 Å². The molecule has 0 aliphatic heterocycles. The van der Waals surface area contributed by atoms with Crippen molar-refractivity contribution in [3.05, 3.63) is 17.7 Å². The molecule has 12 heavy (non-hydrogen) atoms. The zero-order chi connectivity index (χ0) is 8.72. The molecule has 2 aromatic rings. The lowest BCUT2D eigenvalue weighted by atomic mass is 10.2. The van der Waals surface area contributed by atoms with E-state index in [1.807, 2.05) is 6.92 Å². The van der Waals surface area contributed by atoms with Gasteiger partial charge < -0.3 is 15.9 Å². The Morgan fingerprint density at radius 1 is 1.33 bits per heavy atom. The largest absolute Gasteiger partial charge is 0.424 e. The van der Waals surface area contributed by atoms with Crippen molar-refractivity contribution in [3.63, 3.8) is 0 Å². The molecule has 0 spiro atoms. The fraction of sp³-hybridized carbons (Fsp3) is 0.125. The first-order chi connectivity index (χ1) is 5.68. The molecule has 1 aromatic heterocycles. The number of nitrogen functional groups attached to an aromatic ring is 2. The summed E-state index contributed by atoms with van der Waals surface area (Å²) in [5.74, 6) is 0. The molecule has 1 aromatic carbocycles. The molecule has 62 valence electrons. The first-order valence-corrected chi connectivity index (χ1v) is 3.59. The van der Waals surface area contributed by atoms with Gasteiger partial charge in [0, 0.05) is 11.3 Å². The van der Waals surface area contributed by atoms with Gasteiger partial charge >= 0.3 is 0 Å².